The van der Waals surface area contributed by atoms with Crippen LogP contribution in [0.4, 0.5) is 9.18 Å². The van der Waals surface area contributed by atoms with Crippen LogP contribution in [0, 0.1) is 5.82 Å². The Morgan fingerprint density at radius 2 is 1.35 bits per heavy atom. The zero-order valence-electron chi connectivity index (χ0n) is 26.1. The van der Waals surface area contributed by atoms with Crippen LogP contribution >= 0.6 is 12.4 Å². The predicted molar refractivity (Wildman–Crippen MR) is 183 cm³/mol. The summed E-state index contributed by atoms with van der Waals surface area (Å²) in [5, 5.41) is 5.69. The summed E-state index contributed by atoms with van der Waals surface area (Å²) in [6.07, 6.45) is 3.28. The van der Waals surface area contributed by atoms with Gasteiger partial charge in [0, 0.05) is 12.0 Å². The first-order valence-corrected chi connectivity index (χ1v) is 15.8. The molecular formula is C38H43ClFN3O3. The van der Waals surface area contributed by atoms with E-state index >= 15 is 0 Å². The number of hydrogen-bond acceptors (Lipinski definition) is 4. The Morgan fingerprint density at radius 1 is 0.783 bits per heavy atom. The lowest BCUT2D eigenvalue weighted by molar-refractivity contribution is -0.120. The van der Waals surface area contributed by atoms with Gasteiger partial charge in [0.2, 0.25) is 5.91 Å². The Bertz CT molecular complexity index is 1440. The molecule has 46 heavy (non-hydrogen) atoms. The zero-order chi connectivity index (χ0) is 31.3. The quantitative estimate of drug-likeness (QED) is 0.161. The lowest BCUT2D eigenvalue weighted by atomic mass is 9.71. The van der Waals surface area contributed by atoms with Crippen molar-refractivity contribution in [1.82, 2.24) is 15.5 Å². The summed E-state index contributed by atoms with van der Waals surface area (Å²) in [5.74, 6) is 0.00470. The first-order chi connectivity index (χ1) is 22.0. The molecule has 0 spiro atoms. The van der Waals surface area contributed by atoms with Crippen molar-refractivity contribution < 1.29 is 18.7 Å². The van der Waals surface area contributed by atoms with Crippen LogP contribution in [0.15, 0.2) is 115 Å². The minimum absolute atomic E-state index is 0. The van der Waals surface area contributed by atoms with E-state index < -0.39 is 11.5 Å². The van der Waals surface area contributed by atoms with Gasteiger partial charge in [0.1, 0.15) is 12.4 Å². The van der Waals surface area contributed by atoms with Gasteiger partial charge in [-0.1, -0.05) is 103 Å². The number of hydrogen-bond donors (Lipinski definition) is 2. The third-order valence-corrected chi connectivity index (χ3v) is 8.85. The van der Waals surface area contributed by atoms with E-state index in [4.69, 9.17) is 4.74 Å². The van der Waals surface area contributed by atoms with Crippen LogP contribution in [0.3, 0.4) is 0 Å². The number of halogens is 2. The molecule has 0 unspecified atom stereocenters. The lowest BCUT2D eigenvalue weighted by Gasteiger charge is -2.37. The van der Waals surface area contributed by atoms with Crippen molar-refractivity contribution in [2.45, 2.75) is 43.6 Å². The van der Waals surface area contributed by atoms with Crippen molar-refractivity contribution in [3.05, 3.63) is 143 Å². The van der Waals surface area contributed by atoms with E-state index in [2.05, 4.69) is 39.8 Å². The summed E-state index contributed by atoms with van der Waals surface area (Å²) in [5.41, 5.74) is 3.93. The van der Waals surface area contributed by atoms with E-state index in [1.807, 2.05) is 78.9 Å². The lowest BCUT2D eigenvalue weighted by Crippen LogP contribution is -2.45. The van der Waals surface area contributed by atoms with Crippen molar-refractivity contribution in [2.24, 2.45) is 0 Å². The molecule has 0 bridgehead atoms. The normalized spacial score (nSPS) is 13.8. The molecule has 4 aromatic carbocycles. The number of nitrogens with one attached hydrogen (secondary N) is 2. The average Bonchev–Trinajstić information content (AvgIpc) is 3.10. The minimum Gasteiger partial charge on any atom is -0.445 e. The molecule has 1 saturated heterocycles. The molecule has 1 heterocycles. The van der Waals surface area contributed by atoms with Crippen molar-refractivity contribution in [2.75, 3.05) is 32.7 Å². The van der Waals surface area contributed by atoms with Crippen LogP contribution < -0.4 is 10.6 Å². The molecule has 0 radical (unpaired) electrons. The van der Waals surface area contributed by atoms with Crippen molar-refractivity contribution in [3.63, 3.8) is 0 Å². The van der Waals surface area contributed by atoms with E-state index in [1.165, 1.54) is 5.56 Å². The topological polar surface area (TPSA) is 70.7 Å². The molecule has 0 atom stereocenters. The van der Waals surface area contributed by atoms with Crippen LogP contribution in [0.25, 0.3) is 0 Å². The Kier molecular flexibility index (Phi) is 13.2. The Hall–Kier alpha value is -4.20. The summed E-state index contributed by atoms with van der Waals surface area (Å²) in [6.45, 7) is 3.34. The van der Waals surface area contributed by atoms with Gasteiger partial charge in [-0.15, -0.1) is 12.4 Å². The Labute approximate surface area is 277 Å². The summed E-state index contributed by atoms with van der Waals surface area (Å²) in [6, 6.07) is 37.1. The molecule has 0 aromatic heterocycles. The standard InChI is InChI=1S/C38H42FN3O3.ClH/c39-35-19-17-31(18-20-35)32-21-25-42(26-22-32)24-10-23-38(33-13-6-2-7-14-33,34-15-8-3-9-16-34)29-41-36(43)27-40-37(44)45-28-30-11-4-1-5-12-30;/h1-9,11-20,32H,10,21-29H2,(H,40,44)(H,41,43);1H. The highest BCUT2D eigenvalue weighted by Crippen LogP contribution is 2.37. The highest BCUT2D eigenvalue weighted by molar-refractivity contribution is 5.85. The van der Waals surface area contributed by atoms with Crippen molar-refractivity contribution in [1.29, 1.82) is 0 Å². The van der Waals surface area contributed by atoms with Gasteiger partial charge in [0.15, 0.2) is 0 Å². The number of carbonyl (C=O) groups excluding carboxylic acids is 2. The predicted octanol–water partition coefficient (Wildman–Crippen LogP) is 7.24. The summed E-state index contributed by atoms with van der Waals surface area (Å²) < 4.78 is 18.7. The van der Waals surface area contributed by atoms with Crippen LogP contribution in [-0.4, -0.2) is 49.6 Å². The number of alkyl carbamates (subject to hydrolysis) is 1. The van der Waals surface area contributed by atoms with Gasteiger partial charge in [-0.3, -0.25) is 4.79 Å². The highest BCUT2D eigenvalue weighted by atomic mass is 35.5. The SMILES string of the molecule is Cl.O=C(CNC(=O)OCc1ccccc1)NCC(CCCN1CCC(c2ccc(F)cc2)CC1)(c1ccccc1)c1ccccc1. The number of nitrogens with zero attached hydrogens (tertiary/aromatic N) is 1. The molecule has 0 saturated carbocycles. The van der Waals surface area contributed by atoms with Gasteiger partial charge >= 0.3 is 6.09 Å². The van der Waals surface area contributed by atoms with Gasteiger partial charge in [0.25, 0.3) is 0 Å². The fourth-order valence-corrected chi connectivity index (χ4v) is 6.33. The van der Waals surface area contributed by atoms with E-state index in [9.17, 15) is 14.0 Å². The maximum Gasteiger partial charge on any atom is 0.407 e. The first kappa shape index (κ1) is 34.7. The van der Waals surface area contributed by atoms with E-state index in [-0.39, 0.29) is 37.3 Å². The molecule has 0 aliphatic carbocycles. The van der Waals surface area contributed by atoms with Crippen molar-refractivity contribution in [3.8, 4) is 0 Å². The number of amides is 2. The maximum absolute atomic E-state index is 13.4. The molecule has 1 aliphatic heterocycles. The maximum atomic E-state index is 13.4. The summed E-state index contributed by atoms with van der Waals surface area (Å²) in [7, 11) is 0. The molecule has 8 heteroatoms. The fourth-order valence-electron chi connectivity index (χ4n) is 6.33. The van der Waals surface area contributed by atoms with Crippen molar-refractivity contribution >= 4 is 24.4 Å². The Morgan fingerprint density at radius 3 is 1.93 bits per heavy atom. The van der Waals surface area contributed by atoms with Gasteiger partial charge in [0.05, 0.1) is 6.54 Å². The van der Waals surface area contributed by atoms with E-state index in [0.717, 1.165) is 62.0 Å². The summed E-state index contributed by atoms with van der Waals surface area (Å²) >= 11 is 0. The van der Waals surface area contributed by atoms with E-state index in [1.54, 1.807) is 12.1 Å². The largest absolute Gasteiger partial charge is 0.445 e. The number of carbonyl (C=O) groups is 2. The van der Waals surface area contributed by atoms with Gasteiger partial charge in [-0.25, -0.2) is 9.18 Å². The van der Waals surface area contributed by atoms with E-state index in [0.29, 0.717) is 12.5 Å². The number of ether oxygens (including phenoxy) is 1. The third-order valence-electron chi connectivity index (χ3n) is 8.85. The fraction of sp³-hybridized carbons (Fsp3) is 0.316. The van der Waals surface area contributed by atoms with Gasteiger partial charge in [-0.2, -0.15) is 0 Å². The molecular weight excluding hydrogens is 601 g/mol. The second-order valence-corrected chi connectivity index (χ2v) is 11.8. The minimum atomic E-state index is -0.630. The van der Waals surface area contributed by atoms with Gasteiger partial charge < -0.3 is 20.3 Å². The molecule has 1 fully saturated rings. The molecule has 2 amide bonds. The molecule has 1 aliphatic rings. The first-order valence-electron chi connectivity index (χ1n) is 15.8. The second kappa shape index (κ2) is 17.5. The second-order valence-electron chi connectivity index (χ2n) is 11.8. The molecule has 242 valence electrons. The van der Waals surface area contributed by atoms with Crippen LogP contribution in [0.1, 0.15) is 53.9 Å². The number of rotatable bonds is 13. The number of benzene rings is 4. The molecule has 2 N–H and O–H groups in total. The molecule has 6 nitrogen and oxygen atoms in total. The smallest absolute Gasteiger partial charge is 0.407 e. The molecule has 5 rings (SSSR count). The van der Waals surface area contributed by atoms with Crippen LogP contribution in [0.2, 0.25) is 0 Å². The highest BCUT2D eigenvalue weighted by Gasteiger charge is 2.34. The average molecular weight is 644 g/mol. The number of piperidine rings is 1. The molecule has 4 aromatic rings. The summed E-state index contributed by atoms with van der Waals surface area (Å²) in [4.78, 5) is 27.8. The monoisotopic (exact) mass is 643 g/mol. The van der Waals surface area contributed by atoms with Crippen LogP contribution in [0.5, 0.6) is 0 Å². The van der Waals surface area contributed by atoms with Crippen LogP contribution in [-0.2, 0) is 21.6 Å². The third kappa shape index (κ3) is 9.65. The Balaban J connectivity index is 0.00000480. The number of likely N-dealkylation sites (tertiary alicyclic amines) is 1. The van der Waals surface area contributed by atoms with Gasteiger partial charge in [-0.05, 0) is 85.6 Å². The zero-order valence-corrected chi connectivity index (χ0v) is 26.9.